The third-order valence-corrected chi connectivity index (χ3v) is 4.10. The van der Waals surface area contributed by atoms with Crippen LogP contribution in [-0.2, 0) is 0 Å². The predicted octanol–water partition coefficient (Wildman–Crippen LogP) is 3.23. The second kappa shape index (κ2) is 5.17. The zero-order chi connectivity index (χ0) is 13.2. The highest BCUT2D eigenvalue weighted by molar-refractivity contribution is 5.95. The molecule has 3 heteroatoms. The molecule has 1 heterocycles. The van der Waals surface area contributed by atoms with Gasteiger partial charge in [-0.05, 0) is 44.2 Å². The first-order valence-electron chi connectivity index (χ1n) is 7.09. The van der Waals surface area contributed by atoms with Gasteiger partial charge in [0.05, 0.1) is 0 Å². The third-order valence-electron chi connectivity index (χ3n) is 4.10. The third kappa shape index (κ3) is 2.56. The Morgan fingerprint density at radius 3 is 2.74 bits per heavy atom. The van der Waals surface area contributed by atoms with Gasteiger partial charge in [0.2, 0.25) is 0 Å². The van der Waals surface area contributed by atoms with Crippen molar-refractivity contribution < 1.29 is 0 Å². The van der Waals surface area contributed by atoms with Crippen LogP contribution in [0.1, 0.15) is 31.2 Å². The number of benzene rings is 1. The number of rotatable bonds is 2. The Bertz CT molecular complexity index is 566. The van der Waals surface area contributed by atoms with Gasteiger partial charge < -0.3 is 11.1 Å². The lowest BCUT2D eigenvalue weighted by atomic mass is 9.91. The standard InChI is InChI=1S/C16H21N3/c1-11-9-18-10-12-3-2-4-15(16(11)12)19-14-7-5-13(17)6-8-14/h2-4,9-10,13-14,19H,5-8,17H2,1H3. The minimum absolute atomic E-state index is 0.400. The summed E-state index contributed by atoms with van der Waals surface area (Å²) < 4.78 is 0. The molecule has 3 nitrogen and oxygen atoms in total. The van der Waals surface area contributed by atoms with Crippen molar-refractivity contribution in [2.24, 2.45) is 5.73 Å². The Morgan fingerprint density at radius 2 is 1.95 bits per heavy atom. The summed E-state index contributed by atoms with van der Waals surface area (Å²) in [5.74, 6) is 0. The van der Waals surface area contributed by atoms with E-state index in [1.165, 1.54) is 34.9 Å². The molecule has 1 fully saturated rings. The molecular weight excluding hydrogens is 234 g/mol. The second-order valence-electron chi connectivity index (χ2n) is 5.62. The van der Waals surface area contributed by atoms with Crippen molar-refractivity contribution in [3.05, 3.63) is 36.2 Å². The molecule has 0 unspecified atom stereocenters. The minimum Gasteiger partial charge on any atom is -0.382 e. The number of aromatic nitrogens is 1. The lowest BCUT2D eigenvalue weighted by molar-refractivity contribution is 0.411. The molecule has 0 aliphatic heterocycles. The number of nitrogens with one attached hydrogen (secondary N) is 1. The normalized spacial score (nSPS) is 23.5. The van der Waals surface area contributed by atoms with Crippen molar-refractivity contribution >= 4 is 16.5 Å². The number of aryl methyl sites for hydroxylation is 1. The smallest absolute Gasteiger partial charge is 0.0425 e. The van der Waals surface area contributed by atoms with Crippen LogP contribution in [0.4, 0.5) is 5.69 Å². The number of pyridine rings is 1. The van der Waals surface area contributed by atoms with Gasteiger partial charge in [0.1, 0.15) is 0 Å². The SMILES string of the molecule is Cc1cncc2cccc(NC3CCC(N)CC3)c12. The van der Waals surface area contributed by atoms with Gasteiger partial charge >= 0.3 is 0 Å². The van der Waals surface area contributed by atoms with Gasteiger partial charge in [0.15, 0.2) is 0 Å². The fourth-order valence-electron chi connectivity index (χ4n) is 3.02. The molecule has 19 heavy (non-hydrogen) atoms. The number of hydrogen-bond donors (Lipinski definition) is 2. The number of hydrogen-bond acceptors (Lipinski definition) is 3. The molecule has 1 aliphatic rings. The Morgan fingerprint density at radius 1 is 1.16 bits per heavy atom. The number of nitrogens with two attached hydrogens (primary N) is 1. The molecule has 100 valence electrons. The van der Waals surface area contributed by atoms with E-state index in [0.717, 1.165) is 12.8 Å². The van der Waals surface area contributed by atoms with Gasteiger partial charge in [-0.1, -0.05) is 12.1 Å². The molecule has 0 radical (unpaired) electrons. The first kappa shape index (κ1) is 12.4. The van der Waals surface area contributed by atoms with E-state index >= 15 is 0 Å². The number of nitrogens with zero attached hydrogens (tertiary/aromatic N) is 1. The summed E-state index contributed by atoms with van der Waals surface area (Å²) >= 11 is 0. The van der Waals surface area contributed by atoms with Gasteiger partial charge in [-0.15, -0.1) is 0 Å². The maximum atomic E-state index is 5.97. The summed E-state index contributed by atoms with van der Waals surface area (Å²) in [5, 5.41) is 6.21. The number of anilines is 1. The van der Waals surface area contributed by atoms with E-state index < -0.39 is 0 Å². The van der Waals surface area contributed by atoms with Crippen molar-refractivity contribution in [3.63, 3.8) is 0 Å². The van der Waals surface area contributed by atoms with Crippen LogP contribution in [0.3, 0.4) is 0 Å². The fourth-order valence-corrected chi connectivity index (χ4v) is 3.02. The maximum absolute atomic E-state index is 5.97. The molecule has 1 saturated carbocycles. The van der Waals surface area contributed by atoms with Gasteiger partial charge in [0.25, 0.3) is 0 Å². The van der Waals surface area contributed by atoms with Crippen LogP contribution in [0.5, 0.6) is 0 Å². The van der Waals surface area contributed by atoms with Crippen LogP contribution >= 0.6 is 0 Å². The summed E-state index contributed by atoms with van der Waals surface area (Å²) in [7, 11) is 0. The molecule has 1 aromatic heterocycles. The Hall–Kier alpha value is -1.61. The lowest BCUT2D eigenvalue weighted by Crippen LogP contribution is -2.32. The van der Waals surface area contributed by atoms with E-state index in [2.05, 4.69) is 35.4 Å². The van der Waals surface area contributed by atoms with Crippen molar-refractivity contribution in [2.45, 2.75) is 44.7 Å². The first-order valence-corrected chi connectivity index (χ1v) is 7.09. The van der Waals surface area contributed by atoms with Crippen LogP contribution < -0.4 is 11.1 Å². The van der Waals surface area contributed by atoms with E-state index in [-0.39, 0.29) is 0 Å². The van der Waals surface area contributed by atoms with Gasteiger partial charge in [-0.3, -0.25) is 4.98 Å². The summed E-state index contributed by atoms with van der Waals surface area (Å²) in [6.07, 6.45) is 8.46. The maximum Gasteiger partial charge on any atom is 0.0425 e. The molecule has 0 bridgehead atoms. The van der Waals surface area contributed by atoms with Crippen LogP contribution in [-0.4, -0.2) is 17.1 Å². The molecule has 1 aromatic carbocycles. The molecule has 3 rings (SSSR count). The van der Waals surface area contributed by atoms with E-state index in [9.17, 15) is 0 Å². The zero-order valence-electron chi connectivity index (χ0n) is 11.4. The lowest BCUT2D eigenvalue weighted by Gasteiger charge is -2.28. The molecule has 3 N–H and O–H groups in total. The molecule has 0 amide bonds. The van der Waals surface area contributed by atoms with E-state index in [1.807, 2.05) is 12.4 Å². The number of fused-ring (bicyclic) bond motifs is 1. The highest BCUT2D eigenvalue weighted by atomic mass is 14.9. The average molecular weight is 255 g/mol. The average Bonchev–Trinajstić information content (AvgIpc) is 2.42. The predicted molar refractivity (Wildman–Crippen MR) is 80.3 cm³/mol. The minimum atomic E-state index is 0.400. The van der Waals surface area contributed by atoms with Gasteiger partial charge in [0, 0.05) is 40.9 Å². The summed E-state index contributed by atoms with van der Waals surface area (Å²) in [5.41, 5.74) is 8.43. The first-order chi connectivity index (χ1) is 9.24. The Labute approximate surface area is 114 Å². The molecule has 2 aromatic rings. The highest BCUT2D eigenvalue weighted by Crippen LogP contribution is 2.28. The largest absolute Gasteiger partial charge is 0.382 e. The monoisotopic (exact) mass is 255 g/mol. The fraction of sp³-hybridized carbons (Fsp3) is 0.438. The van der Waals surface area contributed by atoms with Crippen molar-refractivity contribution in [1.29, 1.82) is 0 Å². The van der Waals surface area contributed by atoms with E-state index in [0.29, 0.717) is 12.1 Å². The summed E-state index contributed by atoms with van der Waals surface area (Å²) in [4.78, 5) is 4.27. The van der Waals surface area contributed by atoms with Crippen molar-refractivity contribution in [1.82, 2.24) is 4.98 Å². The second-order valence-corrected chi connectivity index (χ2v) is 5.62. The zero-order valence-corrected chi connectivity index (χ0v) is 11.4. The van der Waals surface area contributed by atoms with Crippen LogP contribution in [0, 0.1) is 6.92 Å². The Balaban J connectivity index is 1.88. The summed E-state index contributed by atoms with van der Waals surface area (Å²) in [6.45, 7) is 2.12. The van der Waals surface area contributed by atoms with E-state index in [1.54, 1.807) is 0 Å². The summed E-state index contributed by atoms with van der Waals surface area (Å²) in [6, 6.07) is 7.34. The molecule has 0 spiro atoms. The highest BCUT2D eigenvalue weighted by Gasteiger charge is 2.18. The van der Waals surface area contributed by atoms with Crippen LogP contribution in [0.15, 0.2) is 30.6 Å². The van der Waals surface area contributed by atoms with Crippen LogP contribution in [0.25, 0.3) is 10.8 Å². The topological polar surface area (TPSA) is 50.9 Å². The molecule has 0 atom stereocenters. The molecular formula is C16H21N3. The van der Waals surface area contributed by atoms with Crippen LogP contribution in [0.2, 0.25) is 0 Å². The Kier molecular flexibility index (Phi) is 3.38. The van der Waals surface area contributed by atoms with E-state index in [4.69, 9.17) is 5.73 Å². The molecule has 1 aliphatic carbocycles. The van der Waals surface area contributed by atoms with Crippen molar-refractivity contribution in [2.75, 3.05) is 5.32 Å². The van der Waals surface area contributed by atoms with Gasteiger partial charge in [-0.2, -0.15) is 0 Å². The molecule has 0 saturated heterocycles. The van der Waals surface area contributed by atoms with Gasteiger partial charge in [-0.25, -0.2) is 0 Å². The van der Waals surface area contributed by atoms with Crippen molar-refractivity contribution in [3.8, 4) is 0 Å². The quantitative estimate of drug-likeness (QED) is 0.866.